The van der Waals surface area contributed by atoms with Gasteiger partial charge in [-0.3, -0.25) is 4.79 Å². The first-order chi connectivity index (χ1) is 14.5. The van der Waals surface area contributed by atoms with E-state index in [1.165, 1.54) is 0 Å². The number of aromatic nitrogens is 1. The zero-order valence-corrected chi connectivity index (χ0v) is 18.1. The minimum absolute atomic E-state index is 0.00737. The number of hydrogen-bond donors (Lipinski definition) is 1. The van der Waals surface area contributed by atoms with Gasteiger partial charge < -0.3 is 14.8 Å². The molecule has 30 heavy (non-hydrogen) atoms. The summed E-state index contributed by atoms with van der Waals surface area (Å²) < 4.78 is 12.2. The fourth-order valence-electron chi connectivity index (χ4n) is 5.05. The summed E-state index contributed by atoms with van der Waals surface area (Å²) in [7, 11) is 0. The first-order valence-electron chi connectivity index (χ1n) is 10.2. The van der Waals surface area contributed by atoms with E-state index in [1.54, 1.807) is 11.3 Å². The van der Waals surface area contributed by atoms with Gasteiger partial charge in [0.15, 0.2) is 0 Å². The van der Waals surface area contributed by atoms with Crippen LogP contribution in [0.2, 0.25) is 0 Å². The molecule has 3 heterocycles. The highest BCUT2D eigenvalue weighted by Gasteiger charge is 2.62. The Kier molecular flexibility index (Phi) is 4.36. The number of hydrogen-bond acceptors (Lipinski definition) is 5. The standard InChI is InChI=1S/C24H24N2O3S/c1-4-28-15-9-10-17-19(13-15)29-23(2,3)20(14-21-25-11-12-30-21)24(17)16-7-5-6-8-18(16)26-22(24)27/h5-13,20H,4,14H2,1-3H3,(H,26,27). The van der Waals surface area contributed by atoms with E-state index in [-0.39, 0.29) is 11.8 Å². The van der Waals surface area contributed by atoms with E-state index in [0.29, 0.717) is 18.8 Å². The zero-order valence-electron chi connectivity index (χ0n) is 17.3. The van der Waals surface area contributed by atoms with E-state index in [1.807, 2.05) is 54.9 Å². The van der Waals surface area contributed by atoms with Gasteiger partial charge in [-0.15, -0.1) is 11.3 Å². The highest BCUT2D eigenvalue weighted by atomic mass is 32.1. The van der Waals surface area contributed by atoms with Gasteiger partial charge in [0.05, 0.1) is 11.6 Å². The molecule has 2 aromatic carbocycles. The molecule has 0 bridgehead atoms. The lowest BCUT2D eigenvalue weighted by molar-refractivity contribution is -0.126. The van der Waals surface area contributed by atoms with Crippen molar-refractivity contribution >= 4 is 22.9 Å². The molecule has 1 amide bonds. The maximum atomic E-state index is 13.8. The number of rotatable bonds is 4. The van der Waals surface area contributed by atoms with Gasteiger partial charge in [0.2, 0.25) is 5.91 Å². The van der Waals surface area contributed by atoms with Gasteiger partial charge in [-0.1, -0.05) is 24.3 Å². The second kappa shape index (κ2) is 6.84. The van der Waals surface area contributed by atoms with Crippen molar-refractivity contribution in [1.29, 1.82) is 0 Å². The van der Waals surface area contributed by atoms with Crippen molar-refractivity contribution in [2.45, 2.75) is 38.2 Å². The fourth-order valence-corrected chi connectivity index (χ4v) is 5.72. The Balaban J connectivity index is 1.78. The molecule has 0 fully saturated rings. The van der Waals surface area contributed by atoms with Gasteiger partial charge in [0, 0.05) is 41.2 Å². The van der Waals surface area contributed by atoms with Crippen molar-refractivity contribution < 1.29 is 14.3 Å². The summed E-state index contributed by atoms with van der Waals surface area (Å²) in [6.45, 7) is 6.66. The Morgan fingerprint density at radius 3 is 2.80 bits per heavy atom. The summed E-state index contributed by atoms with van der Waals surface area (Å²) in [6.07, 6.45) is 2.47. The number of nitrogens with zero attached hydrogens (tertiary/aromatic N) is 1. The summed E-state index contributed by atoms with van der Waals surface area (Å²) in [6, 6.07) is 13.8. The van der Waals surface area contributed by atoms with Crippen LogP contribution in [0.3, 0.4) is 0 Å². The minimum atomic E-state index is -0.857. The quantitative estimate of drug-likeness (QED) is 0.658. The Morgan fingerprint density at radius 2 is 2.03 bits per heavy atom. The Labute approximate surface area is 180 Å². The second-order valence-electron chi connectivity index (χ2n) is 8.29. The summed E-state index contributed by atoms with van der Waals surface area (Å²) in [5.41, 5.74) is 1.29. The van der Waals surface area contributed by atoms with E-state index in [0.717, 1.165) is 27.6 Å². The van der Waals surface area contributed by atoms with Crippen LogP contribution in [-0.4, -0.2) is 23.1 Å². The largest absolute Gasteiger partial charge is 0.494 e. The summed E-state index contributed by atoms with van der Waals surface area (Å²) in [5.74, 6) is 1.30. The molecule has 154 valence electrons. The molecule has 0 aliphatic carbocycles. The topological polar surface area (TPSA) is 60.5 Å². The third-order valence-corrected chi connectivity index (χ3v) is 7.05. The average molecular weight is 421 g/mol. The van der Waals surface area contributed by atoms with Gasteiger partial charge in [0.1, 0.15) is 22.5 Å². The molecular formula is C24H24N2O3S. The van der Waals surface area contributed by atoms with E-state index in [9.17, 15) is 4.79 Å². The van der Waals surface area contributed by atoms with E-state index < -0.39 is 11.0 Å². The van der Waals surface area contributed by atoms with Crippen LogP contribution in [-0.2, 0) is 16.6 Å². The molecule has 2 atom stereocenters. The molecule has 0 saturated carbocycles. The molecular weight excluding hydrogens is 396 g/mol. The maximum Gasteiger partial charge on any atom is 0.240 e. The average Bonchev–Trinajstić information content (AvgIpc) is 3.32. The molecule has 1 aromatic heterocycles. The number of carbonyl (C=O) groups is 1. The van der Waals surface area contributed by atoms with Gasteiger partial charge in [0.25, 0.3) is 0 Å². The molecule has 0 saturated heterocycles. The van der Waals surface area contributed by atoms with Crippen LogP contribution < -0.4 is 14.8 Å². The van der Waals surface area contributed by atoms with Crippen molar-refractivity contribution in [3.05, 3.63) is 70.2 Å². The molecule has 5 rings (SSSR count). The molecule has 5 nitrogen and oxygen atoms in total. The number of fused-ring (bicyclic) bond motifs is 4. The van der Waals surface area contributed by atoms with Crippen molar-refractivity contribution in [2.24, 2.45) is 5.92 Å². The fraction of sp³-hybridized carbons (Fsp3) is 0.333. The van der Waals surface area contributed by atoms with Crippen molar-refractivity contribution in [2.75, 3.05) is 11.9 Å². The van der Waals surface area contributed by atoms with Crippen LogP contribution >= 0.6 is 11.3 Å². The molecule has 3 aromatic rings. The number of thiazole rings is 1. The summed E-state index contributed by atoms with van der Waals surface area (Å²) >= 11 is 1.61. The Bertz CT molecular complexity index is 1110. The van der Waals surface area contributed by atoms with Gasteiger partial charge in [-0.2, -0.15) is 0 Å². The van der Waals surface area contributed by atoms with Crippen molar-refractivity contribution in [3.8, 4) is 11.5 Å². The first-order valence-corrected chi connectivity index (χ1v) is 11.1. The number of nitrogens with one attached hydrogen (secondary N) is 1. The number of carbonyl (C=O) groups excluding carboxylic acids is 1. The smallest absolute Gasteiger partial charge is 0.240 e. The lowest BCUT2D eigenvalue weighted by atomic mass is 9.58. The zero-order chi connectivity index (χ0) is 20.9. The lowest BCUT2D eigenvalue weighted by Crippen LogP contribution is -2.58. The van der Waals surface area contributed by atoms with Crippen LogP contribution in [0.5, 0.6) is 11.5 Å². The minimum Gasteiger partial charge on any atom is -0.494 e. The monoisotopic (exact) mass is 420 g/mol. The Hall–Kier alpha value is -2.86. The molecule has 1 N–H and O–H groups in total. The third kappa shape index (κ3) is 2.67. The molecule has 0 radical (unpaired) electrons. The van der Waals surface area contributed by atoms with Gasteiger partial charge >= 0.3 is 0 Å². The van der Waals surface area contributed by atoms with E-state index in [4.69, 9.17) is 9.47 Å². The highest BCUT2D eigenvalue weighted by Crippen LogP contribution is 2.58. The van der Waals surface area contributed by atoms with Crippen LogP contribution in [0, 0.1) is 5.92 Å². The number of para-hydroxylation sites is 1. The van der Waals surface area contributed by atoms with Crippen molar-refractivity contribution in [1.82, 2.24) is 4.98 Å². The van der Waals surface area contributed by atoms with Gasteiger partial charge in [-0.05, 0) is 38.5 Å². The lowest BCUT2D eigenvalue weighted by Gasteiger charge is -2.50. The summed E-state index contributed by atoms with van der Waals surface area (Å²) in [5, 5.41) is 6.12. The number of ether oxygens (including phenoxy) is 2. The second-order valence-corrected chi connectivity index (χ2v) is 9.27. The number of benzene rings is 2. The third-order valence-electron chi connectivity index (χ3n) is 6.24. The van der Waals surface area contributed by atoms with E-state index in [2.05, 4.69) is 30.2 Å². The molecule has 2 aliphatic rings. The van der Waals surface area contributed by atoms with Crippen molar-refractivity contribution in [3.63, 3.8) is 0 Å². The van der Waals surface area contributed by atoms with E-state index >= 15 is 0 Å². The molecule has 1 spiro atoms. The molecule has 2 aliphatic heterocycles. The molecule has 6 heteroatoms. The SMILES string of the molecule is CCOc1ccc2c(c1)OC(C)(C)C(Cc1nccs1)C21C(=O)Nc2ccccc21. The van der Waals surface area contributed by atoms with Gasteiger partial charge in [-0.25, -0.2) is 4.98 Å². The predicted octanol–water partition coefficient (Wildman–Crippen LogP) is 4.81. The normalized spacial score (nSPS) is 23.4. The first kappa shape index (κ1) is 19.1. The van der Waals surface area contributed by atoms with Crippen LogP contribution in [0.4, 0.5) is 5.69 Å². The number of anilines is 1. The van der Waals surface area contributed by atoms with Crippen LogP contribution in [0.15, 0.2) is 54.0 Å². The predicted molar refractivity (Wildman–Crippen MR) is 117 cm³/mol. The Morgan fingerprint density at radius 1 is 1.20 bits per heavy atom. The van der Waals surface area contributed by atoms with Crippen LogP contribution in [0.1, 0.15) is 36.9 Å². The van der Waals surface area contributed by atoms with Crippen LogP contribution in [0.25, 0.3) is 0 Å². The summed E-state index contributed by atoms with van der Waals surface area (Å²) in [4.78, 5) is 18.3. The number of amides is 1. The maximum absolute atomic E-state index is 13.8. The molecule has 2 unspecified atom stereocenters. The highest BCUT2D eigenvalue weighted by molar-refractivity contribution is 7.09.